The lowest BCUT2D eigenvalue weighted by Gasteiger charge is -2.38. The molecule has 1 saturated heterocycles. The SMILES string of the molecule is CN1CCN(C2=Cc3c(c(=O)c(C#N)cn3Cc3ccc(C(F)(F)F)cc3)CC2F)CC1. The summed E-state index contributed by atoms with van der Waals surface area (Å²) in [6.45, 7) is 3.07. The van der Waals surface area contributed by atoms with Gasteiger partial charge in [0.2, 0.25) is 5.43 Å². The van der Waals surface area contributed by atoms with Crippen LogP contribution in [0.1, 0.15) is 27.9 Å². The van der Waals surface area contributed by atoms with Gasteiger partial charge in [-0.15, -0.1) is 0 Å². The molecule has 168 valence electrons. The maximum atomic E-state index is 15.1. The number of allylic oxidation sites excluding steroid dienone is 1. The van der Waals surface area contributed by atoms with Crippen LogP contribution in [-0.2, 0) is 19.1 Å². The zero-order valence-corrected chi connectivity index (χ0v) is 17.5. The van der Waals surface area contributed by atoms with Crippen molar-refractivity contribution in [2.75, 3.05) is 33.2 Å². The number of piperazine rings is 1. The largest absolute Gasteiger partial charge is 0.416 e. The van der Waals surface area contributed by atoms with Crippen LogP contribution in [-0.4, -0.2) is 53.8 Å². The standard InChI is InChI=1S/C23H22F4N4O/c1-29-6-8-30(9-7-29)21-11-20-18(10-19(21)24)22(32)16(12-28)14-31(20)13-15-2-4-17(5-3-15)23(25,26)27/h2-5,11,14,19H,6-10,13H2,1H3. The van der Waals surface area contributed by atoms with E-state index in [9.17, 15) is 23.2 Å². The van der Waals surface area contributed by atoms with Gasteiger partial charge in [-0.3, -0.25) is 4.79 Å². The Kier molecular flexibility index (Phi) is 5.82. The average molecular weight is 446 g/mol. The second kappa shape index (κ2) is 8.43. The van der Waals surface area contributed by atoms with E-state index in [0.717, 1.165) is 25.2 Å². The van der Waals surface area contributed by atoms with Gasteiger partial charge in [0.25, 0.3) is 0 Å². The number of alkyl halides is 4. The molecule has 4 rings (SSSR count). The van der Waals surface area contributed by atoms with Crippen molar-refractivity contribution in [1.82, 2.24) is 14.4 Å². The van der Waals surface area contributed by atoms with Crippen molar-refractivity contribution in [3.63, 3.8) is 0 Å². The fourth-order valence-electron chi connectivity index (χ4n) is 4.18. The molecule has 0 radical (unpaired) electrons. The zero-order chi connectivity index (χ0) is 23.0. The quantitative estimate of drug-likeness (QED) is 0.680. The molecule has 2 aliphatic rings. The summed E-state index contributed by atoms with van der Waals surface area (Å²) < 4.78 is 55.3. The van der Waals surface area contributed by atoms with E-state index in [0.29, 0.717) is 30.0 Å². The van der Waals surface area contributed by atoms with Gasteiger partial charge in [-0.2, -0.15) is 18.4 Å². The van der Waals surface area contributed by atoms with Crippen LogP contribution in [0, 0.1) is 11.3 Å². The monoisotopic (exact) mass is 446 g/mol. The number of hydrogen-bond acceptors (Lipinski definition) is 4. The highest BCUT2D eigenvalue weighted by atomic mass is 19.4. The van der Waals surface area contributed by atoms with Gasteiger partial charge in [0.05, 0.1) is 17.0 Å². The number of likely N-dealkylation sites (N-methyl/N-ethyl adjacent to an activating group) is 1. The van der Waals surface area contributed by atoms with E-state index in [1.165, 1.54) is 18.3 Å². The van der Waals surface area contributed by atoms with Crippen LogP contribution in [0.3, 0.4) is 0 Å². The van der Waals surface area contributed by atoms with E-state index in [-0.39, 0.29) is 24.1 Å². The Morgan fingerprint density at radius 2 is 1.78 bits per heavy atom. The van der Waals surface area contributed by atoms with Crippen LogP contribution in [0.5, 0.6) is 0 Å². The summed E-state index contributed by atoms with van der Waals surface area (Å²) in [6, 6.07) is 6.58. The third-order valence-electron chi connectivity index (χ3n) is 6.03. The van der Waals surface area contributed by atoms with Crippen LogP contribution in [0.15, 0.2) is 41.0 Å². The van der Waals surface area contributed by atoms with Gasteiger partial charge in [0.1, 0.15) is 17.8 Å². The minimum absolute atomic E-state index is 0.112. The summed E-state index contributed by atoms with van der Waals surface area (Å²) in [7, 11) is 2.00. The molecule has 2 aromatic rings. The number of pyridine rings is 1. The lowest BCUT2D eigenvalue weighted by atomic mass is 9.94. The summed E-state index contributed by atoms with van der Waals surface area (Å²) in [5.41, 5.74) is 0.429. The highest BCUT2D eigenvalue weighted by molar-refractivity contribution is 5.59. The Labute approximate surface area is 182 Å². The molecular weight excluding hydrogens is 424 g/mol. The van der Waals surface area contributed by atoms with E-state index in [2.05, 4.69) is 4.90 Å². The van der Waals surface area contributed by atoms with E-state index >= 15 is 4.39 Å². The topological polar surface area (TPSA) is 52.3 Å². The van der Waals surface area contributed by atoms with Crippen molar-refractivity contribution in [3.05, 3.63) is 74.3 Å². The zero-order valence-electron chi connectivity index (χ0n) is 17.5. The number of aromatic nitrogens is 1. The van der Waals surface area contributed by atoms with Crippen molar-refractivity contribution in [2.24, 2.45) is 0 Å². The van der Waals surface area contributed by atoms with Crippen molar-refractivity contribution in [2.45, 2.75) is 25.3 Å². The normalized spacial score (nSPS) is 19.3. The minimum Gasteiger partial charge on any atom is -0.370 e. The first kappa shape index (κ1) is 22.1. The summed E-state index contributed by atoms with van der Waals surface area (Å²) in [6.07, 6.45) is -2.86. The predicted molar refractivity (Wildman–Crippen MR) is 112 cm³/mol. The van der Waals surface area contributed by atoms with Crippen molar-refractivity contribution in [3.8, 4) is 6.07 Å². The second-order valence-electron chi connectivity index (χ2n) is 8.20. The molecule has 1 aromatic heterocycles. The summed E-state index contributed by atoms with van der Waals surface area (Å²) in [5.74, 6) is 0. The summed E-state index contributed by atoms with van der Waals surface area (Å²) in [5, 5.41) is 9.37. The third-order valence-corrected chi connectivity index (χ3v) is 6.03. The molecule has 1 aromatic carbocycles. The van der Waals surface area contributed by atoms with E-state index in [1.807, 2.05) is 18.0 Å². The average Bonchev–Trinajstić information content (AvgIpc) is 2.76. The highest BCUT2D eigenvalue weighted by Crippen LogP contribution is 2.30. The molecule has 0 spiro atoms. The van der Waals surface area contributed by atoms with Crippen LogP contribution in [0.4, 0.5) is 17.6 Å². The molecule has 2 heterocycles. The number of rotatable bonds is 3. The number of benzene rings is 1. The van der Waals surface area contributed by atoms with Gasteiger partial charge >= 0.3 is 6.18 Å². The smallest absolute Gasteiger partial charge is 0.370 e. The Balaban J connectivity index is 1.74. The molecule has 1 atom stereocenters. The number of nitrogens with zero attached hydrogens (tertiary/aromatic N) is 4. The van der Waals surface area contributed by atoms with Gasteiger partial charge in [-0.1, -0.05) is 12.1 Å². The molecule has 32 heavy (non-hydrogen) atoms. The Morgan fingerprint density at radius 1 is 1.12 bits per heavy atom. The summed E-state index contributed by atoms with van der Waals surface area (Å²) >= 11 is 0. The molecule has 1 aliphatic heterocycles. The van der Waals surface area contributed by atoms with E-state index in [1.54, 1.807) is 10.6 Å². The first-order valence-corrected chi connectivity index (χ1v) is 10.3. The molecule has 1 fully saturated rings. The van der Waals surface area contributed by atoms with Crippen LogP contribution in [0.25, 0.3) is 6.08 Å². The lowest BCUT2D eigenvalue weighted by molar-refractivity contribution is -0.137. The first-order chi connectivity index (χ1) is 15.2. The van der Waals surface area contributed by atoms with Crippen molar-refractivity contribution >= 4 is 6.08 Å². The van der Waals surface area contributed by atoms with E-state index in [4.69, 9.17) is 0 Å². The maximum Gasteiger partial charge on any atom is 0.416 e. The molecule has 0 amide bonds. The molecular formula is C23H22F4N4O. The first-order valence-electron chi connectivity index (χ1n) is 10.3. The molecule has 0 saturated carbocycles. The number of hydrogen-bond donors (Lipinski definition) is 0. The van der Waals surface area contributed by atoms with Crippen LogP contribution < -0.4 is 5.43 Å². The van der Waals surface area contributed by atoms with E-state index < -0.39 is 23.3 Å². The Morgan fingerprint density at radius 3 is 2.38 bits per heavy atom. The molecule has 0 N–H and O–H groups in total. The number of nitriles is 1. The van der Waals surface area contributed by atoms with Crippen molar-refractivity contribution in [1.29, 1.82) is 5.26 Å². The Hall–Kier alpha value is -3.12. The fraction of sp³-hybridized carbons (Fsp3) is 0.391. The summed E-state index contributed by atoms with van der Waals surface area (Å²) in [4.78, 5) is 16.8. The molecule has 1 unspecified atom stereocenters. The third kappa shape index (κ3) is 4.28. The van der Waals surface area contributed by atoms with Gasteiger partial charge in [-0.25, -0.2) is 4.39 Å². The maximum absolute atomic E-state index is 15.1. The molecule has 5 nitrogen and oxygen atoms in total. The molecule has 1 aliphatic carbocycles. The number of fused-ring (bicyclic) bond motifs is 1. The molecule has 9 heteroatoms. The van der Waals surface area contributed by atoms with Crippen molar-refractivity contribution < 1.29 is 17.6 Å². The predicted octanol–water partition coefficient (Wildman–Crippen LogP) is 3.27. The van der Waals surface area contributed by atoms with Crippen LogP contribution >= 0.6 is 0 Å². The number of halogens is 4. The van der Waals surface area contributed by atoms with Gasteiger partial charge in [0, 0.05) is 50.9 Å². The van der Waals surface area contributed by atoms with Gasteiger partial charge in [0.15, 0.2) is 0 Å². The second-order valence-corrected chi connectivity index (χ2v) is 8.20. The minimum atomic E-state index is -4.43. The van der Waals surface area contributed by atoms with Gasteiger partial charge < -0.3 is 14.4 Å². The van der Waals surface area contributed by atoms with Gasteiger partial charge in [-0.05, 0) is 30.8 Å². The lowest BCUT2D eigenvalue weighted by Crippen LogP contribution is -2.46. The van der Waals surface area contributed by atoms with Crippen LogP contribution in [0.2, 0.25) is 0 Å². The Bertz CT molecular complexity index is 1140. The fourth-order valence-corrected chi connectivity index (χ4v) is 4.18. The molecule has 0 bridgehead atoms. The highest BCUT2D eigenvalue weighted by Gasteiger charge is 2.31.